The molecule has 9 nitrogen and oxygen atoms in total. The van der Waals surface area contributed by atoms with E-state index in [9.17, 15) is 13.5 Å². The third kappa shape index (κ3) is 4.10. The van der Waals surface area contributed by atoms with Crippen molar-refractivity contribution in [3.05, 3.63) is 40.8 Å². The Kier molecular flexibility index (Phi) is 5.87. The van der Waals surface area contributed by atoms with Gasteiger partial charge in [-0.05, 0) is 43.5 Å². The zero-order valence-corrected chi connectivity index (χ0v) is 18.4. The van der Waals surface area contributed by atoms with Crippen molar-refractivity contribution in [3.63, 3.8) is 0 Å². The molecular weight excluding hydrogens is 450 g/mol. The van der Waals surface area contributed by atoms with Crippen LogP contribution in [0.5, 0.6) is 5.75 Å². The van der Waals surface area contributed by atoms with Gasteiger partial charge in [0.15, 0.2) is 17.4 Å². The van der Waals surface area contributed by atoms with E-state index in [0.717, 1.165) is 35.9 Å². The van der Waals surface area contributed by atoms with E-state index < -0.39 is 15.8 Å². The summed E-state index contributed by atoms with van der Waals surface area (Å²) >= 11 is 7.13. The summed E-state index contributed by atoms with van der Waals surface area (Å²) in [5.41, 5.74) is 1.18. The van der Waals surface area contributed by atoms with Crippen LogP contribution in [0, 0.1) is 6.92 Å². The number of sulfonamides is 1. The second kappa shape index (κ2) is 8.42. The predicted octanol–water partition coefficient (Wildman–Crippen LogP) is 3.94. The Morgan fingerprint density at radius 3 is 2.70 bits per heavy atom. The minimum Gasteiger partial charge on any atom is -0.504 e. The molecule has 0 bridgehead atoms. The molecule has 3 heterocycles. The topological polar surface area (TPSA) is 121 Å². The quantitative estimate of drug-likeness (QED) is 0.445. The predicted molar refractivity (Wildman–Crippen MR) is 115 cm³/mol. The molecule has 4 rings (SSSR count). The minimum absolute atomic E-state index is 0.0344. The van der Waals surface area contributed by atoms with Crippen LogP contribution < -0.4 is 10.6 Å². The summed E-state index contributed by atoms with van der Waals surface area (Å²) < 4.78 is 41.0. The van der Waals surface area contributed by atoms with Gasteiger partial charge < -0.3 is 20.2 Å². The number of phenols is 1. The number of halogens is 1. The number of aromatic hydroxyl groups is 1. The molecule has 12 heteroatoms. The molecule has 0 atom stereocenters. The zero-order valence-electron chi connectivity index (χ0n) is 16.1. The van der Waals surface area contributed by atoms with Crippen LogP contribution in [0.4, 0.5) is 17.3 Å². The van der Waals surface area contributed by atoms with Crippen LogP contribution in [-0.2, 0) is 16.6 Å². The Morgan fingerprint density at radius 2 is 2.00 bits per heavy atom. The standard InChI is InChI=1S/C18H20ClN5O4S2/c1-11-8-12(28-10-11)9-20-17-18(23-29-22-17)21-14-5-4-13(19)16(15(14)25)30(26,27)24-6-2-3-7-24/h4-5,8,10,25H,2-3,6-7,9H2,1H3,(H,20,22)(H,21,23). The average Bonchev–Trinajstić information content (AvgIpc) is 3.45. The van der Waals surface area contributed by atoms with Crippen molar-refractivity contribution in [2.45, 2.75) is 31.2 Å². The van der Waals surface area contributed by atoms with Gasteiger partial charge in [-0.2, -0.15) is 13.1 Å². The summed E-state index contributed by atoms with van der Waals surface area (Å²) in [6.45, 7) is 3.15. The molecule has 30 heavy (non-hydrogen) atoms. The van der Waals surface area contributed by atoms with Gasteiger partial charge in [-0.15, -0.1) is 0 Å². The van der Waals surface area contributed by atoms with Gasteiger partial charge in [0.25, 0.3) is 0 Å². The van der Waals surface area contributed by atoms with E-state index in [1.54, 1.807) is 6.26 Å². The number of aromatic nitrogens is 2. The molecule has 1 fully saturated rings. The molecule has 0 spiro atoms. The van der Waals surface area contributed by atoms with Gasteiger partial charge in [0.1, 0.15) is 10.7 Å². The number of furan rings is 1. The molecule has 1 aliphatic heterocycles. The summed E-state index contributed by atoms with van der Waals surface area (Å²) in [4.78, 5) is -0.306. The van der Waals surface area contributed by atoms with Gasteiger partial charge in [0, 0.05) is 13.1 Å². The number of hydrogen-bond acceptors (Lipinski definition) is 9. The van der Waals surface area contributed by atoms with Crippen LogP contribution in [0.2, 0.25) is 5.02 Å². The summed E-state index contributed by atoms with van der Waals surface area (Å²) in [5, 5.41) is 16.8. The van der Waals surface area contributed by atoms with Crippen LogP contribution in [0.25, 0.3) is 0 Å². The zero-order chi connectivity index (χ0) is 21.3. The molecule has 3 N–H and O–H groups in total. The Morgan fingerprint density at radius 1 is 1.27 bits per heavy atom. The molecule has 0 saturated carbocycles. The Bertz CT molecular complexity index is 1160. The van der Waals surface area contributed by atoms with E-state index in [2.05, 4.69) is 19.4 Å². The average molecular weight is 470 g/mol. The minimum atomic E-state index is -3.91. The molecule has 0 amide bonds. The molecule has 1 saturated heterocycles. The number of aryl methyl sites for hydroxylation is 1. The highest BCUT2D eigenvalue weighted by molar-refractivity contribution is 7.89. The lowest BCUT2D eigenvalue weighted by atomic mass is 10.3. The second-order valence-corrected chi connectivity index (χ2v) is 9.72. The van der Waals surface area contributed by atoms with E-state index in [1.807, 2.05) is 13.0 Å². The third-order valence-corrected chi connectivity index (χ3v) is 7.63. The van der Waals surface area contributed by atoms with E-state index >= 15 is 0 Å². The van der Waals surface area contributed by atoms with Gasteiger partial charge in [0.2, 0.25) is 10.0 Å². The van der Waals surface area contributed by atoms with Crippen molar-refractivity contribution in [1.82, 2.24) is 13.1 Å². The van der Waals surface area contributed by atoms with Crippen LogP contribution >= 0.6 is 23.3 Å². The molecule has 0 radical (unpaired) electrons. The lowest BCUT2D eigenvalue weighted by Gasteiger charge is -2.19. The first-order chi connectivity index (χ1) is 14.4. The highest BCUT2D eigenvalue weighted by Crippen LogP contribution is 2.40. The summed E-state index contributed by atoms with van der Waals surface area (Å²) in [6.07, 6.45) is 3.22. The Hall–Kier alpha value is -2.34. The van der Waals surface area contributed by atoms with E-state index in [-0.39, 0.29) is 15.6 Å². The number of hydrogen-bond donors (Lipinski definition) is 3. The smallest absolute Gasteiger partial charge is 0.248 e. The number of anilines is 3. The third-order valence-electron chi connectivity index (χ3n) is 4.70. The fraction of sp³-hybridized carbons (Fsp3) is 0.333. The van der Waals surface area contributed by atoms with Gasteiger partial charge in [-0.3, -0.25) is 0 Å². The first kappa shape index (κ1) is 20.9. The fourth-order valence-corrected chi connectivity index (χ4v) is 5.82. The molecule has 2 aromatic heterocycles. The number of benzene rings is 1. The van der Waals surface area contributed by atoms with Crippen molar-refractivity contribution in [1.29, 1.82) is 0 Å². The maximum absolute atomic E-state index is 13.0. The number of phenolic OH excluding ortho intramolecular Hbond substituents is 1. The molecular formula is C18H20ClN5O4S2. The fourth-order valence-electron chi connectivity index (χ4n) is 3.22. The van der Waals surface area contributed by atoms with E-state index in [4.69, 9.17) is 16.0 Å². The van der Waals surface area contributed by atoms with Crippen molar-refractivity contribution in [2.24, 2.45) is 0 Å². The van der Waals surface area contributed by atoms with Crippen molar-refractivity contribution < 1.29 is 17.9 Å². The first-order valence-electron chi connectivity index (χ1n) is 9.25. The normalized spacial score (nSPS) is 14.9. The Balaban J connectivity index is 1.58. The lowest BCUT2D eigenvalue weighted by Crippen LogP contribution is -2.28. The maximum Gasteiger partial charge on any atom is 0.248 e. The second-order valence-electron chi connectivity index (χ2n) is 6.91. The van der Waals surface area contributed by atoms with Crippen molar-refractivity contribution >= 4 is 50.7 Å². The highest BCUT2D eigenvalue weighted by Gasteiger charge is 2.33. The van der Waals surface area contributed by atoms with Gasteiger partial charge >= 0.3 is 0 Å². The Labute approximate surface area is 183 Å². The number of rotatable bonds is 7. The van der Waals surface area contributed by atoms with Gasteiger partial charge in [-0.1, -0.05) is 11.6 Å². The SMILES string of the molecule is Cc1coc(CNc2nsnc2Nc2ccc(Cl)c(S(=O)(=O)N3CCCC3)c2O)c1. The molecule has 1 aromatic carbocycles. The number of nitrogens with one attached hydrogen (secondary N) is 2. The van der Waals surface area contributed by atoms with Crippen LogP contribution in [-0.4, -0.2) is 39.7 Å². The van der Waals surface area contributed by atoms with E-state index in [0.29, 0.717) is 31.3 Å². The van der Waals surface area contributed by atoms with Gasteiger partial charge in [0.05, 0.1) is 35.2 Å². The van der Waals surface area contributed by atoms with Gasteiger partial charge in [-0.25, -0.2) is 8.42 Å². The maximum atomic E-state index is 13.0. The summed E-state index contributed by atoms with van der Waals surface area (Å²) in [7, 11) is -3.91. The van der Waals surface area contributed by atoms with Crippen molar-refractivity contribution in [2.75, 3.05) is 23.7 Å². The van der Waals surface area contributed by atoms with Crippen LogP contribution in [0.15, 0.2) is 33.8 Å². The molecule has 160 valence electrons. The highest BCUT2D eigenvalue weighted by atomic mass is 35.5. The summed E-state index contributed by atoms with van der Waals surface area (Å²) in [5.74, 6) is 1.09. The lowest BCUT2D eigenvalue weighted by molar-refractivity contribution is 0.445. The molecule has 0 aliphatic carbocycles. The summed E-state index contributed by atoms with van der Waals surface area (Å²) in [6, 6.07) is 4.84. The van der Waals surface area contributed by atoms with E-state index in [1.165, 1.54) is 16.4 Å². The molecule has 3 aromatic rings. The number of nitrogens with zero attached hydrogens (tertiary/aromatic N) is 3. The van der Waals surface area contributed by atoms with Crippen LogP contribution in [0.3, 0.4) is 0 Å². The largest absolute Gasteiger partial charge is 0.504 e. The monoisotopic (exact) mass is 469 g/mol. The van der Waals surface area contributed by atoms with Crippen molar-refractivity contribution in [3.8, 4) is 5.75 Å². The molecule has 0 unspecified atom stereocenters. The first-order valence-corrected chi connectivity index (χ1v) is 11.8. The van der Waals surface area contributed by atoms with Crippen LogP contribution in [0.1, 0.15) is 24.2 Å². The molecule has 1 aliphatic rings.